The molecule has 0 bridgehead atoms. The van der Waals surface area contributed by atoms with Crippen molar-refractivity contribution in [1.29, 1.82) is 0 Å². The van der Waals surface area contributed by atoms with Gasteiger partial charge in [0.1, 0.15) is 16.8 Å². The Kier molecular flexibility index (Phi) is 9.77. The Morgan fingerprint density at radius 2 is 1.12 bits per heavy atom. The van der Waals surface area contributed by atoms with Crippen LogP contribution in [0.1, 0.15) is 21.5 Å². The van der Waals surface area contributed by atoms with E-state index in [9.17, 15) is 18.0 Å². The van der Waals surface area contributed by atoms with Gasteiger partial charge in [0.2, 0.25) is 0 Å². The van der Waals surface area contributed by atoms with E-state index in [0.717, 1.165) is 44.2 Å². The van der Waals surface area contributed by atoms with E-state index in [1.165, 1.54) is 18.2 Å². The van der Waals surface area contributed by atoms with E-state index in [1.54, 1.807) is 64.2 Å². The van der Waals surface area contributed by atoms with Gasteiger partial charge in [0.05, 0.1) is 41.1 Å². The van der Waals surface area contributed by atoms with Gasteiger partial charge in [-0.25, -0.2) is 24.1 Å². The van der Waals surface area contributed by atoms with Crippen molar-refractivity contribution in [3.8, 4) is 28.3 Å². The van der Waals surface area contributed by atoms with E-state index >= 15 is 0 Å². The number of halogens is 3. The first kappa shape index (κ1) is 37.4. The molecule has 0 aliphatic heterocycles. The van der Waals surface area contributed by atoms with E-state index in [4.69, 9.17) is 10.1 Å². The maximum absolute atomic E-state index is 12.5. The monoisotopic (exact) mass is 802 g/mol. The third-order valence-corrected chi connectivity index (χ3v) is 9.51. The molecule has 10 aromatic rings. The molecule has 6 heterocycles. The molecule has 294 valence electrons. The highest BCUT2D eigenvalue weighted by Crippen LogP contribution is 2.28. The third kappa shape index (κ3) is 8.15. The van der Waals surface area contributed by atoms with Gasteiger partial charge in [0.25, 0.3) is 0 Å². The zero-order valence-electron chi connectivity index (χ0n) is 31.1. The molecule has 0 spiro atoms. The zero-order valence-corrected chi connectivity index (χ0v) is 31.1. The summed E-state index contributed by atoms with van der Waals surface area (Å²) in [5.41, 5.74) is 9.24. The summed E-state index contributed by atoms with van der Waals surface area (Å²) in [6, 6.07) is 39.3. The number of alkyl halides is 3. The molecule has 6 aromatic heterocycles. The van der Waals surface area contributed by atoms with Crippen LogP contribution in [-0.2, 0) is 13.1 Å². The molecule has 0 amide bonds. The van der Waals surface area contributed by atoms with Gasteiger partial charge in [-0.3, -0.25) is 9.97 Å². The van der Waals surface area contributed by atoms with Gasteiger partial charge in [-0.1, -0.05) is 59.0 Å². The Morgan fingerprint density at radius 3 is 1.65 bits per heavy atom. The number of pyridine rings is 4. The number of carboxylic acid groups (broad SMARTS) is 1. The third-order valence-electron chi connectivity index (χ3n) is 9.51. The van der Waals surface area contributed by atoms with Crippen LogP contribution in [0.2, 0.25) is 0 Å². The minimum Gasteiger partial charge on any atom is -0.478 e. The van der Waals surface area contributed by atoms with Gasteiger partial charge in [0.15, 0.2) is 11.3 Å². The number of ether oxygens (including phenoxy) is 1. The van der Waals surface area contributed by atoms with Crippen molar-refractivity contribution in [3.63, 3.8) is 0 Å². The molecule has 60 heavy (non-hydrogen) atoms. The Labute approximate surface area is 337 Å². The molecule has 16 heteroatoms. The molecule has 10 rings (SSSR count). The van der Waals surface area contributed by atoms with Crippen LogP contribution < -0.4 is 4.74 Å². The summed E-state index contributed by atoms with van der Waals surface area (Å²) < 4.78 is 45.1. The molecule has 0 atom stereocenters. The minimum absolute atomic E-state index is 0.243. The predicted octanol–water partition coefficient (Wildman–Crippen LogP) is 8.78. The van der Waals surface area contributed by atoms with Gasteiger partial charge in [-0.05, 0) is 96.1 Å². The van der Waals surface area contributed by atoms with E-state index in [2.05, 4.69) is 46.4 Å². The van der Waals surface area contributed by atoms with Crippen molar-refractivity contribution in [2.75, 3.05) is 0 Å². The molecule has 0 radical (unpaired) electrons. The van der Waals surface area contributed by atoms with E-state index in [-0.39, 0.29) is 11.3 Å². The molecule has 0 saturated heterocycles. The number of carbonyl (C=O) groups is 1. The fraction of sp³-hybridized carbons (Fsp3) is 0.0682. The number of fused-ring (bicyclic) bond motifs is 4. The molecule has 0 unspecified atom stereocenters. The molecule has 13 nitrogen and oxygen atoms in total. The lowest BCUT2D eigenvalue weighted by Crippen LogP contribution is -2.17. The van der Waals surface area contributed by atoms with Gasteiger partial charge in [0, 0.05) is 34.3 Å². The quantitative estimate of drug-likeness (QED) is 0.156. The number of rotatable bonds is 8. The number of benzene rings is 4. The summed E-state index contributed by atoms with van der Waals surface area (Å²) >= 11 is 0. The Morgan fingerprint density at radius 1 is 0.583 bits per heavy atom. The van der Waals surface area contributed by atoms with Crippen LogP contribution in [-0.4, -0.2) is 67.4 Å². The highest BCUT2D eigenvalue weighted by molar-refractivity contribution is 5.88. The summed E-state index contributed by atoms with van der Waals surface area (Å²) in [5.74, 6) is -1.25. The number of nitrogens with zero attached hydrogens (tertiary/aromatic N) is 10. The maximum Gasteiger partial charge on any atom is 0.573 e. The SMILES string of the molecule is FC(F)(F)Oc1cccc(-c2ccc3nnn(Cc4ccc5ncccc5c4)c3n2)c1.O=C(O)c1ccc(-c2ccc3nnn(Cc4ccc5ncccc5c4)c3n2)cc1. The number of carboxylic acids is 1. The van der Waals surface area contributed by atoms with E-state index in [0.29, 0.717) is 46.7 Å². The summed E-state index contributed by atoms with van der Waals surface area (Å²) in [6.07, 6.45) is -1.23. The van der Waals surface area contributed by atoms with Crippen molar-refractivity contribution in [2.24, 2.45) is 0 Å². The lowest BCUT2D eigenvalue weighted by Gasteiger charge is -2.10. The topological polar surface area (TPSA) is 160 Å². The van der Waals surface area contributed by atoms with Crippen LogP contribution in [0.5, 0.6) is 5.75 Å². The largest absolute Gasteiger partial charge is 0.573 e. The Hall–Kier alpha value is -8.14. The highest BCUT2D eigenvalue weighted by Gasteiger charge is 2.31. The summed E-state index contributed by atoms with van der Waals surface area (Å²) in [6.45, 7) is 0.977. The molecule has 0 aliphatic carbocycles. The molecular weight excluding hydrogens is 774 g/mol. The molecule has 0 aliphatic rings. The number of aromatic nitrogens is 10. The van der Waals surface area contributed by atoms with Gasteiger partial charge in [-0.15, -0.1) is 23.4 Å². The summed E-state index contributed by atoms with van der Waals surface area (Å²) in [7, 11) is 0. The predicted molar refractivity (Wildman–Crippen MR) is 217 cm³/mol. The second kappa shape index (κ2) is 15.7. The maximum atomic E-state index is 12.5. The lowest BCUT2D eigenvalue weighted by atomic mass is 10.1. The van der Waals surface area contributed by atoms with Crippen LogP contribution in [0.3, 0.4) is 0 Å². The van der Waals surface area contributed by atoms with Crippen LogP contribution in [0.25, 0.3) is 66.6 Å². The molecular formula is C44H29F3N10O3. The van der Waals surface area contributed by atoms with Crippen LogP contribution in [0.4, 0.5) is 13.2 Å². The first-order chi connectivity index (χ1) is 29.1. The van der Waals surface area contributed by atoms with Crippen molar-refractivity contribution < 1.29 is 27.8 Å². The summed E-state index contributed by atoms with van der Waals surface area (Å²) in [4.78, 5) is 29.0. The van der Waals surface area contributed by atoms with Crippen molar-refractivity contribution >= 4 is 50.1 Å². The highest BCUT2D eigenvalue weighted by atomic mass is 19.4. The van der Waals surface area contributed by atoms with E-state index in [1.807, 2.05) is 66.7 Å². The van der Waals surface area contributed by atoms with Gasteiger partial charge in [-0.2, -0.15) is 0 Å². The van der Waals surface area contributed by atoms with E-state index < -0.39 is 12.3 Å². The normalized spacial score (nSPS) is 11.5. The Bertz CT molecular complexity index is 3190. The smallest absolute Gasteiger partial charge is 0.478 e. The lowest BCUT2D eigenvalue weighted by molar-refractivity contribution is -0.274. The van der Waals surface area contributed by atoms with Crippen molar-refractivity contribution in [3.05, 3.63) is 163 Å². The average molecular weight is 803 g/mol. The first-order valence-electron chi connectivity index (χ1n) is 18.4. The summed E-state index contributed by atoms with van der Waals surface area (Å²) in [5, 5.41) is 27.9. The van der Waals surface area contributed by atoms with Gasteiger partial charge >= 0.3 is 12.3 Å². The fourth-order valence-electron chi connectivity index (χ4n) is 6.67. The second-order valence-corrected chi connectivity index (χ2v) is 13.6. The fourth-order valence-corrected chi connectivity index (χ4v) is 6.67. The molecule has 1 N–H and O–H groups in total. The average Bonchev–Trinajstić information content (AvgIpc) is 3.86. The van der Waals surface area contributed by atoms with Crippen LogP contribution >= 0.6 is 0 Å². The van der Waals surface area contributed by atoms with Crippen LogP contribution in [0, 0.1) is 0 Å². The number of aromatic carboxylic acids is 1. The molecule has 0 saturated carbocycles. The molecule has 4 aromatic carbocycles. The van der Waals surface area contributed by atoms with Crippen LogP contribution in [0.15, 0.2) is 146 Å². The minimum atomic E-state index is -4.76. The number of hydrogen-bond donors (Lipinski definition) is 1. The second-order valence-electron chi connectivity index (χ2n) is 13.6. The van der Waals surface area contributed by atoms with Gasteiger partial charge < -0.3 is 9.84 Å². The van der Waals surface area contributed by atoms with Crippen molar-refractivity contribution in [2.45, 2.75) is 19.5 Å². The molecule has 0 fully saturated rings. The van der Waals surface area contributed by atoms with Crippen molar-refractivity contribution in [1.82, 2.24) is 49.9 Å². The zero-order chi connectivity index (χ0) is 41.2. The number of hydrogen-bond acceptors (Lipinski definition) is 10. The standard InChI is InChI=1S/C22H14F3N5O.C22H15N5O2/c23-22(24,25)31-17-5-1-3-16(12-17)19-8-9-20-21(27-19)30(29-28-20)13-14-6-7-18-15(11-14)4-2-10-26-18;28-22(29)16-6-4-15(5-7-16)19-9-10-20-21(24-19)27(26-25-20)13-14-3-8-18-17(12-14)2-1-11-23-18/h1-12H,13H2;1-12H,13H2,(H,28,29). The Balaban J connectivity index is 0.000000154. The first-order valence-corrected chi connectivity index (χ1v) is 18.4.